The maximum atomic E-state index is 9.48. The fourth-order valence-corrected chi connectivity index (χ4v) is 3.21. The molecule has 106 valence electrons. The smallest absolute Gasteiger partial charge is 0.215 e. The second-order valence-electron chi connectivity index (χ2n) is 5.05. The molecule has 0 saturated heterocycles. The van der Waals surface area contributed by atoms with Crippen LogP contribution in [0.5, 0.6) is 0 Å². The van der Waals surface area contributed by atoms with E-state index in [-0.39, 0.29) is 0 Å². The molecule has 1 aliphatic carbocycles. The summed E-state index contributed by atoms with van der Waals surface area (Å²) in [4.78, 5) is 4.34. The van der Waals surface area contributed by atoms with E-state index in [1.54, 1.807) is 13.1 Å². The second kappa shape index (κ2) is 5.88. The van der Waals surface area contributed by atoms with Crippen LogP contribution in [0.1, 0.15) is 50.3 Å². The van der Waals surface area contributed by atoms with Crippen LogP contribution in [0.25, 0.3) is 0 Å². The van der Waals surface area contributed by atoms with Crippen molar-refractivity contribution in [3.63, 3.8) is 0 Å². The van der Waals surface area contributed by atoms with Crippen molar-refractivity contribution in [2.75, 3.05) is 0 Å². The number of pyridine rings is 1. The molecule has 1 saturated carbocycles. The number of rotatable bonds is 4. The lowest BCUT2D eigenvalue weighted by Crippen LogP contribution is -2.08. The highest BCUT2D eigenvalue weighted by Crippen LogP contribution is 2.33. The van der Waals surface area contributed by atoms with Gasteiger partial charge in [0, 0.05) is 6.20 Å². The summed E-state index contributed by atoms with van der Waals surface area (Å²) in [5.41, 5.74) is 0.810. The molecule has 2 aromatic rings. The minimum atomic E-state index is -0.495. The third-order valence-corrected chi connectivity index (χ3v) is 4.47. The minimum absolute atomic E-state index is 0.421. The zero-order valence-corrected chi connectivity index (χ0v) is 12.1. The van der Waals surface area contributed by atoms with Crippen LogP contribution in [0.2, 0.25) is 0 Å². The second-order valence-corrected chi connectivity index (χ2v) is 6.04. The molecule has 1 unspecified atom stereocenters. The summed E-state index contributed by atoms with van der Waals surface area (Å²) < 4.78 is 1.92. The lowest BCUT2D eigenvalue weighted by atomic mass is 10.2. The zero-order valence-electron chi connectivity index (χ0n) is 11.3. The van der Waals surface area contributed by atoms with E-state index in [0.29, 0.717) is 6.04 Å². The van der Waals surface area contributed by atoms with Gasteiger partial charge in [0.05, 0.1) is 12.1 Å². The van der Waals surface area contributed by atoms with Crippen LogP contribution in [0.4, 0.5) is 0 Å². The molecule has 1 N–H and O–H groups in total. The monoisotopic (exact) mass is 291 g/mol. The Labute approximate surface area is 121 Å². The highest BCUT2D eigenvalue weighted by atomic mass is 32.2. The van der Waals surface area contributed by atoms with Gasteiger partial charge in [-0.1, -0.05) is 18.9 Å². The average Bonchev–Trinajstić information content (AvgIpc) is 3.09. The van der Waals surface area contributed by atoms with Crippen molar-refractivity contribution >= 4 is 11.8 Å². The first-order chi connectivity index (χ1) is 9.74. The lowest BCUT2D eigenvalue weighted by Gasteiger charge is -2.10. The van der Waals surface area contributed by atoms with Crippen LogP contribution < -0.4 is 0 Å². The van der Waals surface area contributed by atoms with Crippen molar-refractivity contribution < 1.29 is 5.11 Å². The molecule has 0 aromatic carbocycles. The van der Waals surface area contributed by atoms with Crippen LogP contribution in [0, 0.1) is 0 Å². The Morgan fingerprint density at radius 2 is 2.15 bits per heavy atom. The average molecular weight is 291 g/mol. The van der Waals surface area contributed by atoms with Crippen LogP contribution >= 0.6 is 11.8 Å². The van der Waals surface area contributed by atoms with E-state index in [1.807, 2.05) is 16.8 Å². The molecule has 1 aliphatic rings. The lowest BCUT2D eigenvalue weighted by molar-refractivity contribution is 0.198. The quantitative estimate of drug-likeness (QED) is 0.932. The van der Waals surface area contributed by atoms with Crippen molar-refractivity contribution in [3.05, 3.63) is 23.9 Å². The van der Waals surface area contributed by atoms with E-state index >= 15 is 0 Å². The first-order valence-corrected chi connectivity index (χ1v) is 7.65. The van der Waals surface area contributed by atoms with Crippen molar-refractivity contribution in [3.8, 4) is 0 Å². The maximum absolute atomic E-state index is 9.48. The minimum Gasteiger partial charge on any atom is -0.389 e. The standard InChI is InChI=1S/C13H17N5OS/c1-9(19)10-6-7-12(14-8-10)20-13-15-16-17-18(13)11-4-2-3-5-11/h6-9,11,19H,2-5H2,1H3. The van der Waals surface area contributed by atoms with E-state index < -0.39 is 6.10 Å². The van der Waals surface area contributed by atoms with Crippen LogP contribution in [0.3, 0.4) is 0 Å². The third-order valence-electron chi connectivity index (χ3n) is 3.57. The summed E-state index contributed by atoms with van der Waals surface area (Å²) in [6.07, 6.45) is 5.98. The predicted octanol–water partition coefficient (Wildman–Crippen LogP) is 2.39. The number of hydrogen-bond donors (Lipinski definition) is 1. The summed E-state index contributed by atoms with van der Waals surface area (Å²) in [7, 11) is 0. The van der Waals surface area contributed by atoms with Crippen molar-refractivity contribution in [2.45, 2.75) is 54.9 Å². The Kier molecular flexibility index (Phi) is 3.98. The molecule has 2 aromatic heterocycles. The Balaban J connectivity index is 1.76. The highest BCUT2D eigenvalue weighted by molar-refractivity contribution is 7.99. The van der Waals surface area contributed by atoms with Gasteiger partial charge in [0.15, 0.2) is 0 Å². The van der Waals surface area contributed by atoms with Crippen molar-refractivity contribution in [1.29, 1.82) is 0 Å². The van der Waals surface area contributed by atoms with Gasteiger partial charge in [-0.05, 0) is 53.6 Å². The molecule has 0 bridgehead atoms. The van der Waals surface area contributed by atoms with Gasteiger partial charge < -0.3 is 5.11 Å². The van der Waals surface area contributed by atoms with E-state index in [1.165, 1.54) is 24.6 Å². The maximum Gasteiger partial charge on any atom is 0.215 e. The summed E-state index contributed by atoms with van der Waals surface area (Å²) in [5, 5.41) is 23.1. The largest absolute Gasteiger partial charge is 0.389 e. The summed E-state index contributed by atoms with van der Waals surface area (Å²) >= 11 is 1.46. The number of nitrogens with zero attached hydrogens (tertiary/aromatic N) is 5. The van der Waals surface area contributed by atoms with Gasteiger partial charge in [-0.2, -0.15) is 0 Å². The van der Waals surface area contributed by atoms with E-state index in [4.69, 9.17) is 0 Å². The fourth-order valence-electron chi connectivity index (χ4n) is 2.42. The molecule has 2 heterocycles. The molecule has 1 atom stereocenters. The van der Waals surface area contributed by atoms with E-state index in [0.717, 1.165) is 28.6 Å². The number of tetrazole rings is 1. The molecule has 0 amide bonds. The van der Waals surface area contributed by atoms with Gasteiger partial charge in [-0.25, -0.2) is 9.67 Å². The Morgan fingerprint density at radius 1 is 1.35 bits per heavy atom. The predicted molar refractivity (Wildman–Crippen MR) is 74.3 cm³/mol. The third kappa shape index (κ3) is 2.83. The molecule has 7 heteroatoms. The van der Waals surface area contributed by atoms with Gasteiger partial charge in [0.25, 0.3) is 0 Å². The summed E-state index contributed by atoms with van der Waals surface area (Å²) in [6, 6.07) is 4.19. The number of aliphatic hydroxyl groups excluding tert-OH is 1. The Bertz CT molecular complexity index is 562. The Hall–Kier alpha value is -1.47. The molecule has 6 nitrogen and oxygen atoms in total. The molecule has 0 spiro atoms. The molecule has 3 rings (SSSR count). The summed E-state index contributed by atoms with van der Waals surface area (Å²) in [5.74, 6) is 0. The number of aliphatic hydroxyl groups is 1. The zero-order chi connectivity index (χ0) is 13.9. The fraction of sp³-hybridized carbons (Fsp3) is 0.538. The van der Waals surface area contributed by atoms with Gasteiger partial charge >= 0.3 is 0 Å². The summed E-state index contributed by atoms with van der Waals surface area (Å²) in [6.45, 7) is 1.73. The van der Waals surface area contributed by atoms with Crippen LogP contribution in [0.15, 0.2) is 28.5 Å². The normalized spacial score (nSPS) is 17.5. The van der Waals surface area contributed by atoms with E-state index in [2.05, 4.69) is 20.5 Å². The van der Waals surface area contributed by atoms with Crippen LogP contribution in [-0.4, -0.2) is 30.3 Å². The van der Waals surface area contributed by atoms with Gasteiger partial charge in [-0.15, -0.1) is 5.10 Å². The van der Waals surface area contributed by atoms with Crippen molar-refractivity contribution in [1.82, 2.24) is 25.2 Å². The molecule has 20 heavy (non-hydrogen) atoms. The van der Waals surface area contributed by atoms with E-state index in [9.17, 15) is 5.11 Å². The molecule has 0 aliphatic heterocycles. The topological polar surface area (TPSA) is 76.7 Å². The van der Waals surface area contributed by atoms with Gasteiger partial charge in [0.2, 0.25) is 5.16 Å². The SMILES string of the molecule is CC(O)c1ccc(Sc2nnnn2C2CCCC2)nc1. The molecule has 1 fully saturated rings. The van der Waals surface area contributed by atoms with Gasteiger partial charge in [-0.3, -0.25) is 0 Å². The van der Waals surface area contributed by atoms with Crippen LogP contribution in [-0.2, 0) is 0 Å². The Morgan fingerprint density at radius 3 is 2.80 bits per heavy atom. The highest BCUT2D eigenvalue weighted by Gasteiger charge is 2.22. The molecule has 0 radical (unpaired) electrons. The number of hydrogen-bond acceptors (Lipinski definition) is 6. The molecular formula is C13H17N5OS. The first-order valence-electron chi connectivity index (χ1n) is 6.84. The number of aromatic nitrogens is 5. The first kappa shape index (κ1) is 13.5. The molecular weight excluding hydrogens is 274 g/mol. The van der Waals surface area contributed by atoms with Gasteiger partial charge in [0.1, 0.15) is 5.03 Å². The van der Waals surface area contributed by atoms with Crippen molar-refractivity contribution in [2.24, 2.45) is 0 Å².